The zero-order valence-corrected chi connectivity index (χ0v) is 11.0. The molecule has 0 atom stereocenters. The lowest BCUT2D eigenvalue weighted by molar-refractivity contribution is 0.0458. The Kier molecular flexibility index (Phi) is 4.83. The molecule has 0 saturated carbocycles. The minimum Gasteiger partial charge on any atom is -0.502 e. The summed E-state index contributed by atoms with van der Waals surface area (Å²) in [6.07, 6.45) is 0. The first-order chi connectivity index (χ1) is 8.49. The van der Waals surface area contributed by atoms with Gasteiger partial charge in [-0.25, -0.2) is 4.79 Å². The van der Waals surface area contributed by atoms with Crippen LogP contribution in [0.4, 0.5) is 0 Å². The van der Waals surface area contributed by atoms with Gasteiger partial charge < -0.3 is 19.3 Å². The van der Waals surface area contributed by atoms with Crippen LogP contribution in [0.25, 0.3) is 0 Å². The Morgan fingerprint density at radius 1 is 1.22 bits per heavy atom. The molecule has 0 aliphatic carbocycles. The van der Waals surface area contributed by atoms with Gasteiger partial charge in [0.05, 0.1) is 26.4 Å². The predicted molar refractivity (Wildman–Crippen MR) is 66.3 cm³/mol. The molecule has 0 saturated heterocycles. The number of phenols is 1. The number of phenolic OH excluding ortho intramolecular Hbond substituents is 1. The third kappa shape index (κ3) is 3.29. The number of hydrogen-bond acceptors (Lipinski definition) is 5. The molecule has 0 aliphatic rings. The van der Waals surface area contributed by atoms with E-state index in [4.69, 9.17) is 14.2 Å². The van der Waals surface area contributed by atoms with Gasteiger partial charge in [0.25, 0.3) is 0 Å². The summed E-state index contributed by atoms with van der Waals surface area (Å²) in [6.45, 7) is 4.24. The van der Waals surface area contributed by atoms with Crippen molar-refractivity contribution < 1.29 is 24.1 Å². The van der Waals surface area contributed by atoms with Crippen LogP contribution in [0.2, 0.25) is 0 Å². The van der Waals surface area contributed by atoms with E-state index < -0.39 is 5.97 Å². The molecule has 1 rings (SSSR count). The van der Waals surface area contributed by atoms with Crippen molar-refractivity contribution in [1.29, 1.82) is 0 Å². The largest absolute Gasteiger partial charge is 0.502 e. The maximum atomic E-state index is 11.8. The van der Waals surface area contributed by atoms with Crippen molar-refractivity contribution in [2.75, 3.05) is 20.8 Å². The van der Waals surface area contributed by atoms with Crippen LogP contribution in [-0.4, -0.2) is 31.9 Å². The normalized spacial score (nSPS) is 10.3. The van der Waals surface area contributed by atoms with Gasteiger partial charge in [0.15, 0.2) is 11.5 Å². The van der Waals surface area contributed by atoms with Crippen LogP contribution in [0.1, 0.15) is 24.2 Å². The Labute approximate surface area is 106 Å². The van der Waals surface area contributed by atoms with Crippen LogP contribution < -0.4 is 9.47 Å². The van der Waals surface area contributed by atoms with Crippen LogP contribution in [0, 0.1) is 5.92 Å². The highest BCUT2D eigenvalue weighted by atomic mass is 16.5. The number of carbonyl (C=O) groups excluding carboxylic acids is 1. The van der Waals surface area contributed by atoms with Crippen LogP contribution in [-0.2, 0) is 4.74 Å². The second-order valence-corrected chi connectivity index (χ2v) is 4.22. The number of hydrogen-bond donors (Lipinski definition) is 1. The second kappa shape index (κ2) is 6.14. The SMILES string of the molecule is COc1cc(C(=O)OCC(C)C)cc(OC)c1O. The zero-order chi connectivity index (χ0) is 13.7. The van der Waals surface area contributed by atoms with Crippen LogP contribution >= 0.6 is 0 Å². The fraction of sp³-hybridized carbons (Fsp3) is 0.462. The monoisotopic (exact) mass is 254 g/mol. The highest BCUT2D eigenvalue weighted by molar-refractivity contribution is 5.91. The smallest absolute Gasteiger partial charge is 0.338 e. The number of ether oxygens (including phenoxy) is 3. The number of methoxy groups -OCH3 is 2. The number of benzene rings is 1. The molecule has 0 amide bonds. The molecule has 0 fully saturated rings. The molecule has 1 N–H and O–H groups in total. The van der Waals surface area contributed by atoms with E-state index in [1.807, 2.05) is 13.8 Å². The Hall–Kier alpha value is -1.91. The standard InChI is InChI=1S/C13H18O5/c1-8(2)7-18-13(15)9-5-10(16-3)12(14)11(6-9)17-4/h5-6,8,14H,7H2,1-4H3. The minimum absolute atomic E-state index is 0.139. The number of aromatic hydroxyl groups is 1. The molecule has 0 spiro atoms. The molecular formula is C13H18O5. The first-order valence-electron chi connectivity index (χ1n) is 5.61. The predicted octanol–water partition coefficient (Wildman–Crippen LogP) is 2.22. The molecule has 1 aromatic rings. The lowest BCUT2D eigenvalue weighted by Gasteiger charge is -2.11. The summed E-state index contributed by atoms with van der Waals surface area (Å²) in [4.78, 5) is 11.8. The summed E-state index contributed by atoms with van der Waals surface area (Å²) < 4.78 is 15.0. The zero-order valence-electron chi connectivity index (χ0n) is 11.0. The van der Waals surface area contributed by atoms with Gasteiger partial charge in [-0.05, 0) is 18.1 Å². The first kappa shape index (κ1) is 14.2. The maximum absolute atomic E-state index is 11.8. The summed E-state index contributed by atoms with van der Waals surface area (Å²) in [7, 11) is 2.80. The van der Waals surface area contributed by atoms with Gasteiger partial charge in [-0.3, -0.25) is 0 Å². The van der Waals surface area contributed by atoms with E-state index in [1.54, 1.807) is 0 Å². The van der Waals surface area contributed by atoms with E-state index in [0.29, 0.717) is 6.61 Å². The molecule has 0 bridgehead atoms. The lowest BCUT2D eigenvalue weighted by Crippen LogP contribution is -2.10. The number of esters is 1. The number of carbonyl (C=O) groups is 1. The van der Waals surface area contributed by atoms with Gasteiger partial charge in [-0.2, -0.15) is 0 Å². The molecule has 5 heteroatoms. The molecular weight excluding hydrogens is 236 g/mol. The first-order valence-corrected chi connectivity index (χ1v) is 5.61. The average Bonchev–Trinajstić information content (AvgIpc) is 2.36. The molecule has 5 nitrogen and oxygen atoms in total. The summed E-state index contributed by atoms with van der Waals surface area (Å²) in [5.41, 5.74) is 0.280. The van der Waals surface area contributed by atoms with Gasteiger partial charge in [0.2, 0.25) is 5.75 Å². The van der Waals surface area contributed by atoms with Gasteiger partial charge >= 0.3 is 5.97 Å². The quantitative estimate of drug-likeness (QED) is 0.816. The third-order valence-corrected chi connectivity index (χ3v) is 2.26. The van der Waals surface area contributed by atoms with E-state index in [9.17, 15) is 9.90 Å². The molecule has 1 aromatic carbocycles. The van der Waals surface area contributed by atoms with E-state index in [0.717, 1.165) is 0 Å². The van der Waals surface area contributed by atoms with E-state index in [2.05, 4.69) is 0 Å². The molecule has 0 heterocycles. The van der Waals surface area contributed by atoms with Gasteiger partial charge in [-0.1, -0.05) is 13.8 Å². The lowest BCUT2D eigenvalue weighted by atomic mass is 10.2. The highest BCUT2D eigenvalue weighted by Crippen LogP contribution is 2.37. The molecule has 100 valence electrons. The fourth-order valence-corrected chi connectivity index (χ4v) is 1.34. The number of rotatable bonds is 5. The summed E-state index contributed by atoms with van der Waals surface area (Å²) in [5, 5.41) is 9.71. The Bertz CT molecular complexity index is 400. The van der Waals surface area contributed by atoms with Crippen molar-refractivity contribution >= 4 is 5.97 Å². The third-order valence-electron chi connectivity index (χ3n) is 2.26. The maximum Gasteiger partial charge on any atom is 0.338 e. The summed E-state index contributed by atoms with van der Waals surface area (Å²) >= 11 is 0. The molecule has 0 aliphatic heterocycles. The van der Waals surface area contributed by atoms with E-state index in [-0.39, 0.29) is 28.7 Å². The average molecular weight is 254 g/mol. The highest BCUT2D eigenvalue weighted by Gasteiger charge is 2.16. The Balaban J connectivity index is 2.98. The van der Waals surface area contributed by atoms with Crippen LogP contribution in [0.15, 0.2) is 12.1 Å². The van der Waals surface area contributed by atoms with Gasteiger partial charge in [0, 0.05) is 0 Å². The summed E-state index contributed by atoms with van der Waals surface area (Å²) in [6, 6.07) is 2.83. The Morgan fingerprint density at radius 2 is 1.72 bits per heavy atom. The molecule has 0 unspecified atom stereocenters. The van der Waals surface area contributed by atoms with Crippen molar-refractivity contribution in [3.63, 3.8) is 0 Å². The summed E-state index contributed by atoms with van der Waals surface area (Å²) in [5.74, 6) is -0.00717. The van der Waals surface area contributed by atoms with Crippen molar-refractivity contribution in [2.45, 2.75) is 13.8 Å². The van der Waals surface area contributed by atoms with Crippen LogP contribution in [0.5, 0.6) is 17.2 Å². The van der Waals surface area contributed by atoms with Crippen molar-refractivity contribution in [3.8, 4) is 17.2 Å². The van der Waals surface area contributed by atoms with Crippen molar-refractivity contribution in [1.82, 2.24) is 0 Å². The van der Waals surface area contributed by atoms with E-state index in [1.165, 1.54) is 26.4 Å². The van der Waals surface area contributed by atoms with Gasteiger partial charge in [-0.15, -0.1) is 0 Å². The van der Waals surface area contributed by atoms with E-state index >= 15 is 0 Å². The molecule has 0 radical (unpaired) electrons. The minimum atomic E-state index is -0.472. The van der Waals surface area contributed by atoms with Gasteiger partial charge in [0.1, 0.15) is 0 Å². The second-order valence-electron chi connectivity index (χ2n) is 4.22. The topological polar surface area (TPSA) is 65.0 Å². The van der Waals surface area contributed by atoms with Crippen LogP contribution in [0.3, 0.4) is 0 Å². The van der Waals surface area contributed by atoms with Crippen molar-refractivity contribution in [3.05, 3.63) is 17.7 Å². The fourth-order valence-electron chi connectivity index (χ4n) is 1.34. The molecule has 18 heavy (non-hydrogen) atoms. The van der Waals surface area contributed by atoms with Crippen molar-refractivity contribution in [2.24, 2.45) is 5.92 Å². The molecule has 0 aromatic heterocycles. The Morgan fingerprint density at radius 3 is 2.11 bits per heavy atom.